The van der Waals surface area contributed by atoms with Crippen LogP contribution < -0.4 is 0 Å². The van der Waals surface area contributed by atoms with E-state index >= 15 is 0 Å². The van der Waals surface area contributed by atoms with Crippen LogP contribution in [0.5, 0.6) is 0 Å². The van der Waals surface area contributed by atoms with E-state index in [0.29, 0.717) is 0 Å². The third-order valence-corrected chi connectivity index (χ3v) is 3.04. The van der Waals surface area contributed by atoms with Gasteiger partial charge in [-0.1, -0.05) is 23.7 Å². The second kappa shape index (κ2) is 5.53. The normalized spacial score (nSPS) is 10.4. The number of thioether (sulfide) groups is 1. The standard InChI is InChI=1S/C10H13ClOS/c1-8-2-3-9(10(11)6-8)7-13-5-4-12/h2-3,6,12H,4-5,7H2,1H3. The zero-order valence-corrected chi connectivity index (χ0v) is 9.16. The van der Waals surface area contributed by atoms with Gasteiger partial charge in [0.2, 0.25) is 0 Å². The predicted molar refractivity (Wildman–Crippen MR) is 59.4 cm³/mol. The van der Waals surface area contributed by atoms with Gasteiger partial charge in [0.15, 0.2) is 0 Å². The highest BCUT2D eigenvalue weighted by molar-refractivity contribution is 7.98. The summed E-state index contributed by atoms with van der Waals surface area (Å²) in [4.78, 5) is 0. The lowest BCUT2D eigenvalue weighted by Crippen LogP contribution is -1.89. The molecule has 0 aliphatic carbocycles. The summed E-state index contributed by atoms with van der Waals surface area (Å²) >= 11 is 7.72. The summed E-state index contributed by atoms with van der Waals surface area (Å²) in [5.41, 5.74) is 2.33. The van der Waals surface area contributed by atoms with Gasteiger partial charge in [-0.05, 0) is 24.1 Å². The number of hydrogen-bond acceptors (Lipinski definition) is 2. The average molecular weight is 217 g/mol. The summed E-state index contributed by atoms with van der Waals surface area (Å²) in [6, 6.07) is 6.07. The molecule has 13 heavy (non-hydrogen) atoms. The summed E-state index contributed by atoms with van der Waals surface area (Å²) in [5.74, 6) is 1.64. The van der Waals surface area contributed by atoms with Gasteiger partial charge in [-0.25, -0.2) is 0 Å². The van der Waals surface area contributed by atoms with Crippen LogP contribution in [0.1, 0.15) is 11.1 Å². The third kappa shape index (κ3) is 3.59. The van der Waals surface area contributed by atoms with Crippen LogP contribution in [0.15, 0.2) is 18.2 Å². The number of aryl methyl sites for hydroxylation is 1. The second-order valence-corrected chi connectivity index (χ2v) is 4.38. The van der Waals surface area contributed by atoms with Crippen molar-refractivity contribution in [1.82, 2.24) is 0 Å². The molecule has 0 spiro atoms. The van der Waals surface area contributed by atoms with Crippen molar-refractivity contribution in [3.8, 4) is 0 Å². The van der Waals surface area contributed by atoms with E-state index < -0.39 is 0 Å². The van der Waals surface area contributed by atoms with Crippen molar-refractivity contribution in [2.75, 3.05) is 12.4 Å². The Balaban J connectivity index is 2.56. The summed E-state index contributed by atoms with van der Waals surface area (Å²) in [6.45, 7) is 2.25. The Morgan fingerprint density at radius 2 is 2.23 bits per heavy atom. The van der Waals surface area contributed by atoms with E-state index in [4.69, 9.17) is 16.7 Å². The van der Waals surface area contributed by atoms with Crippen LogP contribution in [0.2, 0.25) is 5.02 Å². The largest absolute Gasteiger partial charge is 0.396 e. The minimum Gasteiger partial charge on any atom is -0.396 e. The van der Waals surface area contributed by atoms with Gasteiger partial charge in [-0.2, -0.15) is 11.8 Å². The number of hydrogen-bond donors (Lipinski definition) is 1. The minimum absolute atomic E-state index is 0.230. The number of rotatable bonds is 4. The molecule has 0 radical (unpaired) electrons. The first-order chi connectivity index (χ1) is 6.24. The molecule has 0 aliphatic rings. The third-order valence-electron chi connectivity index (χ3n) is 1.70. The second-order valence-electron chi connectivity index (χ2n) is 2.87. The number of halogens is 1. The molecule has 0 unspecified atom stereocenters. The molecule has 0 bridgehead atoms. The number of aliphatic hydroxyl groups is 1. The number of aliphatic hydroxyl groups excluding tert-OH is 1. The molecule has 0 saturated carbocycles. The molecule has 0 amide bonds. The lowest BCUT2D eigenvalue weighted by atomic mass is 10.2. The van der Waals surface area contributed by atoms with Gasteiger partial charge in [-0.3, -0.25) is 0 Å². The maximum atomic E-state index is 8.60. The van der Waals surface area contributed by atoms with Gasteiger partial charge in [-0.15, -0.1) is 0 Å². The Kier molecular flexibility index (Phi) is 4.64. The van der Waals surface area contributed by atoms with Gasteiger partial charge in [0.25, 0.3) is 0 Å². The first kappa shape index (κ1) is 10.9. The van der Waals surface area contributed by atoms with Crippen molar-refractivity contribution < 1.29 is 5.11 Å². The molecule has 0 atom stereocenters. The first-order valence-corrected chi connectivity index (χ1v) is 5.71. The van der Waals surface area contributed by atoms with Crippen LogP contribution in [0.3, 0.4) is 0 Å². The highest BCUT2D eigenvalue weighted by atomic mass is 35.5. The van der Waals surface area contributed by atoms with Crippen molar-refractivity contribution in [2.45, 2.75) is 12.7 Å². The van der Waals surface area contributed by atoms with Crippen LogP contribution in [-0.4, -0.2) is 17.5 Å². The van der Waals surface area contributed by atoms with Crippen LogP contribution in [0, 0.1) is 6.92 Å². The highest BCUT2D eigenvalue weighted by Crippen LogP contribution is 2.21. The molecule has 0 saturated heterocycles. The van der Waals surface area contributed by atoms with E-state index in [1.807, 2.05) is 19.1 Å². The van der Waals surface area contributed by atoms with E-state index in [9.17, 15) is 0 Å². The molecule has 0 heterocycles. The lowest BCUT2D eigenvalue weighted by molar-refractivity contribution is 0.322. The molecule has 1 aromatic carbocycles. The maximum absolute atomic E-state index is 8.60. The zero-order chi connectivity index (χ0) is 9.68. The van der Waals surface area contributed by atoms with Gasteiger partial charge in [0.05, 0.1) is 6.61 Å². The van der Waals surface area contributed by atoms with Crippen LogP contribution >= 0.6 is 23.4 Å². The molecule has 1 nitrogen and oxygen atoms in total. The monoisotopic (exact) mass is 216 g/mol. The Hall–Kier alpha value is -0.180. The maximum Gasteiger partial charge on any atom is 0.0521 e. The topological polar surface area (TPSA) is 20.2 Å². The first-order valence-electron chi connectivity index (χ1n) is 4.17. The fourth-order valence-corrected chi connectivity index (χ4v) is 2.14. The molecule has 0 aliphatic heterocycles. The van der Waals surface area contributed by atoms with Gasteiger partial charge < -0.3 is 5.11 Å². The predicted octanol–water partition coefficient (Wildman–Crippen LogP) is 2.87. The fourth-order valence-electron chi connectivity index (χ4n) is 1.02. The van der Waals surface area contributed by atoms with E-state index in [-0.39, 0.29) is 6.61 Å². The summed E-state index contributed by atoms with van der Waals surface area (Å²) in [6.07, 6.45) is 0. The van der Waals surface area contributed by atoms with Gasteiger partial charge in [0.1, 0.15) is 0 Å². The Labute approximate surface area is 88.1 Å². The van der Waals surface area contributed by atoms with Crippen molar-refractivity contribution in [3.05, 3.63) is 34.3 Å². The molecular formula is C10H13ClOS. The molecular weight excluding hydrogens is 204 g/mol. The molecule has 3 heteroatoms. The smallest absolute Gasteiger partial charge is 0.0521 e. The van der Waals surface area contributed by atoms with Crippen molar-refractivity contribution in [2.24, 2.45) is 0 Å². The molecule has 1 N–H and O–H groups in total. The highest BCUT2D eigenvalue weighted by Gasteiger charge is 1.99. The van der Waals surface area contributed by atoms with Crippen molar-refractivity contribution >= 4 is 23.4 Å². The van der Waals surface area contributed by atoms with Gasteiger partial charge >= 0.3 is 0 Å². The van der Waals surface area contributed by atoms with Crippen LogP contribution in [0.4, 0.5) is 0 Å². The quantitative estimate of drug-likeness (QED) is 0.782. The summed E-state index contributed by atoms with van der Waals surface area (Å²) in [5, 5.41) is 9.43. The van der Waals surface area contributed by atoms with Crippen LogP contribution in [0.25, 0.3) is 0 Å². The molecule has 72 valence electrons. The minimum atomic E-state index is 0.230. The molecule has 0 fully saturated rings. The SMILES string of the molecule is Cc1ccc(CSCCO)c(Cl)c1. The van der Waals surface area contributed by atoms with E-state index in [1.54, 1.807) is 11.8 Å². The zero-order valence-electron chi connectivity index (χ0n) is 7.59. The van der Waals surface area contributed by atoms with E-state index in [2.05, 4.69) is 6.07 Å². The lowest BCUT2D eigenvalue weighted by Gasteiger charge is -2.03. The summed E-state index contributed by atoms with van der Waals surface area (Å²) < 4.78 is 0. The Bertz CT molecular complexity index is 276. The van der Waals surface area contributed by atoms with Crippen molar-refractivity contribution in [3.63, 3.8) is 0 Å². The molecule has 0 aromatic heterocycles. The van der Waals surface area contributed by atoms with E-state index in [1.165, 1.54) is 5.56 Å². The average Bonchev–Trinajstić information content (AvgIpc) is 2.09. The van der Waals surface area contributed by atoms with E-state index in [0.717, 1.165) is 22.1 Å². The Morgan fingerprint density at radius 3 is 2.85 bits per heavy atom. The van der Waals surface area contributed by atoms with Gasteiger partial charge in [0, 0.05) is 16.5 Å². The molecule has 1 rings (SSSR count). The van der Waals surface area contributed by atoms with Crippen LogP contribution in [-0.2, 0) is 5.75 Å². The van der Waals surface area contributed by atoms with Crippen molar-refractivity contribution in [1.29, 1.82) is 0 Å². The number of benzene rings is 1. The molecule has 1 aromatic rings. The Morgan fingerprint density at radius 1 is 1.46 bits per heavy atom. The fraction of sp³-hybridized carbons (Fsp3) is 0.400. The summed E-state index contributed by atoms with van der Waals surface area (Å²) in [7, 11) is 0.